The highest BCUT2D eigenvalue weighted by molar-refractivity contribution is 5.93. The zero-order chi connectivity index (χ0) is 17.2. The van der Waals surface area contributed by atoms with Gasteiger partial charge in [-0.1, -0.05) is 35.5 Å². The number of aliphatic hydroxyl groups excluding tert-OH is 1. The molecule has 1 amide bonds. The molecule has 1 fully saturated rings. The van der Waals surface area contributed by atoms with Gasteiger partial charge in [-0.25, -0.2) is 0 Å². The molecule has 2 N–H and O–H groups in total. The van der Waals surface area contributed by atoms with Crippen molar-refractivity contribution in [3.63, 3.8) is 0 Å². The smallest absolute Gasteiger partial charge is 0.273 e. The molecule has 0 atom stereocenters. The van der Waals surface area contributed by atoms with Gasteiger partial charge in [0.15, 0.2) is 11.5 Å². The van der Waals surface area contributed by atoms with Crippen molar-refractivity contribution >= 4 is 5.91 Å². The highest BCUT2D eigenvalue weighted by Crippen LogP contribution is 2.36. The monoisotopic (exact) mass is 340 g/mol. The van der Waals surface area contributed by atoms with Crippen LogP contribution < -0.4 is 5.32 Å². The predicted molar refractivity (Wildman–Crippen MR) is 85.4 cm³/mol. The molecule has 1 aromatic carbocycles. The standard InChI is InChI=1S/C17H16N4O4/c22-9-15-19-20-17(24-15)11-6-12(7-11)18-16(23)13-8-14(25-21-13)10-4-2-1-3-5-10/h1-5,8,11-12,22H,6-7,9H2,(H,18,23). The van der Waals surface area contributed by atoms with E-state index in [0.717, 1.165) is 5.56 Å². The van der Waals surface area contributed by atoms with Crippen molar-refractivity contribution in [2.24, 2.45) is 0 Å². The molecule has 3 aromatic rings. The first kappa shape index (κ1) is 15.5. The topological polar surface area (TPSA) is 114 Å². The second-order valence-electron chi connectivity index (χ2n) is 5.97. The summed E-state index contributed by atoms with van der Waals surface area (Å²) in [6.45, 7) is -0.268. The van der Waals surface area contributed by atoms with E-state index in [9.17, 15) is 4.79 Å². The molecule has 0 saturated heterocycles. The number of aliphatic hydroxyl groups is 1. The molecule has 25 heavy (non-hydrogen) atoms. The molecule has 8 nitrogen and oxygen atoms in total. The zero-order valence-corrected chi connectivity index (χ0v) is 13.3. The molecule has 0 bridgehead atoms. The molecule has 2 aromatic heterocycles. The largest absolute Gasteiger partial charge is 0.422 e. The Balaban J connectivity index is 1.34. The van der Waals surface area contributed by atoms with E-state index in [-0.39, 0.29) is 36.1 Å². The van der Waals surface area contributed by atoms with Crippen LogP contribution in [0.15, 0.2) is 45.3 Å². The van der Waals surface area contributed by atoms with Crippen molar-refractivity contribution in [1.82, 2.24) is 20.7 Å². The number of benzene rings is 1. The van der Waals surface area contributed by atoms with Crippen molar-refractivity contribution < 1.29 is 18.8 Å². The summed E-state index contributed by atoms with van der Waals surface area (Å²) < 4.78 is 10.6. The van der Waals surface area contributed by atoms with Crippen LogP contribution in [-0.4, -0.2) is 32.4 Å². The lowest BCUT2D eigenvalue weighted by Crippen LogP contribution is -2.43. The maximum Gasteiger partial charge on any atom is 0.273 e. The molecule has 1 aliphatic rings. The molecule has 1 aliphatic carbocycles. The van der Waals surface area contributed by atoms with Crippen LogP contribution >= 0.6 is 0 Å². The maximum atomic E-state index is 12.3. The molecular weight excluding hydrogens is 324 g/mol. The SMILES string of the molecule is O=C(NC1CC(c2nnc(CO)o2)C1)c1cc(-c2ccccc2)on1. The summed E-state index contributed by atoms with van der Waals surface area (Å²) in [7, 11) is 0. The van der Waals surface area contributed by atoms with Gasteiger partial charge in [0.1, 0.15) is 6.61 Å². The number of nitrogens with zero attached hydrogens (tertiary/aromatic N) is 3. The van der Waals surface area contributed by atoms with Crippen molar-refractivity contribution in [2.45, 2.75) is 31.4 Å². The summed E-state index contributed by atoms with van der Waals surface area (Å²) in [5.74, 6) is 1.10. The van der Waals surface area contributed by atoms with E-state index in [2.05, 4.69) is 20.7 Å². The second kappa shape index (κ2) is 6.48. The Morgan fingerprint density at radius 1 is 1.24 bits per heavy atom. The minimum absolute atomic E-state index is 0.0267. The number of nitrogens with one attached hydrogen (secondary N) is 1. The third-order valence-corrected chi connectivity index (χ3v) is 4.24. The number of amides is 1. The van der Waals surface area contributed by atoms with Crippen molar-refractivity contribution in [3.8, 4) is 11.3 Å². The Hall–Kier alpha value is -3.00. The quantitative estimate of drug-likeness (QED) is 0.729. The number of rotatable bonds is 5. The number of carbonyl (C=O) groups is 1. The lowest BCUT2D eigenvalue weighted by Gasteiger charge is -2.33. The fraction of sp³-hybridized carbons (Fsp3) is 0.294. The summed E-state index contributed by atoms with van der Waals surface area (Å²) in [4.78, 5) is 12.3. The van der Waals surface area contributed by atoms with Gasteiger partial charge in [-0.2, -0.15) is 0 Å². The van der Waals surface area contributed by atoms with Crippen molar-refractivity contribution in [2.75, 3.05) is 0 Å². The summed E-state index contributed by atoms with van der Waals surface area (Å²) in [5, 5.41) is 23.3. The fourth-order valence-electron chi connectivity index (χ4n) is 2.81. The third-order valence-electron chi connectivity index (χ3n) is 4.24. The summed E-state index contributed by atoms with van der Waals surface area (Å²) in [6.07, 6.45) is 1.42. The van der Waals surface area contributed by atoms with E-state index in [1.807, 2.05) is 30.3 Å². The van der Waals surface area contributed by atoms with Crippen LogP contribution in [0.25, 0.3) is 11.3 Å². The van der Waals surface area contributed by atoms with Crippen LogP contribution in [0.5, 0.6) is 0 Å². The van der Waals surface area contributed by atoms with Crippen LogP contribution in [0.4, 0.5) is 0 Å². The van der Waals surface area contributed by atoms with E-state index in [4.69, 9.17) is 14.0 Å². The molecule has 2 heterocycles. The molecule has 0 unspecified atom stereocenters. The van der Waals surface area contributed by atoms with E-state index >= 15 is 0 Å². The molecule has 4 rings (SSSR count). The van der Waals surface area contributed by atoms with Gasteiger partial charge in [-0.05, 0) is 12.8 Å². The Bertz CT molecular complexity index is 868. The van der Waals surface area contributed by atoms with Gasteiger partial charge < -0.3 is 19.4 Å². The van der Waals surface area contributed by atoms with E-state index in [1.165, 1.54) is 0 Å². The lowest BCUT2D eigenvalue weighted by atomic mass is 9.80. The van der Waals surface area contributed by atoms with Gasteiger partial charge in [0.05, 0.1) is 0 Å². The maximum absolute atomic E-state index is 12.3. The Morgan fingerprint density at radius 3 is 2.76 bits per heavy atom. The van der Waals surface area contributed by atoms with Crippen LogP contribution in [-0.2, 0) is 6.61 Å². The highest BCUT2D eigenvalue weighted by Gasteiger charge is 2.35. The average Bonchev–Trinajstić information content (AvgIpc) is 3.27. The van der Waals surface area contributed by atoms with Gasteiger partial charge in [0.25, 0.3) is 5.91 Å². The predicted octanol–water partition coefficient (Wildman–Crippen LogP) is 1.89. The van der Waals surface area contributed by atoms with Gasteiger partial charge in [0, 0.05) is 23.6 Å². The molecule has 8 heteroatoms. The first-order chi connectivity index (χ1) is 12.2. The summed E-state index contributed by atoms with van der Waals surface area (Å²) in [6, 6.07) is 11.1. The van der Waals surface area contributed by atoms with Crippen LogP contribution in [0.3, 0.4) is 0 Å². The molecule has 0 radical (unpaired) electrons. The van der Waals surface area contributed by atoms with Crippen LogP contribution in [0.1, 0.15) is 41.0 Å². The zero-order valence-electron chi connectivity index (χ0n) is 13.3. The van der Waals surface area contributed by atoms with Gasteiger partial charge in [-0.3, -0.25) is 4.79 Å². The van der Waals surface area contributed by atoms with Gasteiger partial charge >= 0.3 is 0 Å². The number of carbonyl (C=O) groups excluding carboxylic acids is 1. The Labute approximate surface area is 142 Å². The third kappa shape index (κ3) is 3.16. The first-order valence-corrected chi connectivity index (χ1v) is 7.99. The summed E-state index contributed by atoms with van der Waals surface area (Å²) in [5.41, 5.74) is 1.12. The van der Waals surface area contributed by atoms with E-state index in [1.54, 1.807) is 6.07 Å². The Morgan fingerprint density at radius 2 is 2.04 bits per heavy atom. The van der Waals surface area contributed by atoms with Crippen molar-refractivity contribution in [1.29, 1.82) is 0 Å². The lowest BCUT2D eigenvalue weighted by molar-refractivity contribution is 0.0893. The van der Waals surface area contributed by atoms with Gasteiger partial charge in [0.2, 0.25) is 11.8 Å². The van der Waals surface area contributed by atoms with Crippen LogP contribution in [0.2, 0.25) is 0 Å². The normalized spacial score (nSPS) is 19.4. The van der Waals surface area contributed by atoms with Gasteiger partial charge in [-0.15, -0.1) is 10.2 Å². The average molecular weight is 340 g/mol. The fourth-order valence-corrected chi connectivity index (χ4v) is 2.81. The van der Waals surface area contributed by atoms with Crippen LogP contribution in [0, 0.1) is 0 Å². The number of hydrogen-bond acceptors (Lipinski definition) is 7. The molecule has 128 valence electrons. The molecular formula is C17H16N4O4. The molecule has 0 spiro atoms. The minimum Gasteiger partial charge on any atom is -0.422 e. The molecule has 0 aliphatic heterocycles. The van der Waals surface area contributed by atoms with E-state index < -0.39 is 0 Å². The Kier molecular flexibility index (Phi) is 4.02. The van der Waals surface area contributed by atoms with E-state index in [0.29, 0.717) is 24.5 Å². The molecule has 1 saturated carbocycles. The van der Waals surface area contributed by atoms with Crippen molar-refractivity contribution in [3.05, 3.63) is 53.9 Å². The summed E-state index contributed by atoms with van der Waals surface area (Å²) >= 11 is 0. The second-order valence-corrected chi connectivity index (χ2v) is 5.97. The first-order valence-electron chi connectivity index (χ1n) is 7.99. The number of hydrogen-bond donors (Lipinski definition) is 2. The minimum atomic E-state index is -0.268. The number of aromatic nitrogens is 3. The highest BCUT2D eigenvalue weighted by atomic mass is 16.5.